The highest BCUT2D eigenvalue weighted by molar-refractivity contribution is 6.17. The van der Waals surface area contributed by atoms with Gasteiger partial charge in [0.1, 0.15) is 0 Å². The van der Waals surface area contributed by atoms with Gasteiger partial charge in [-0.3, -0.25) is 0 Å². The summed E-state index contributed by atoms with van der Waals surface area (Å²) >= 11 is 0. The molecule has 0 N–H and O–H groups in total. The first-order valence-corrected chi connectivity index (χ1v) is 15.5. The van der Waals surface area contributed by atoms with Crippen LogP contribution in [0.15, 0.2) is 188 Å². The fourth-order valence-electron chi connectivity index (χ4n) is 6.66. The Morgan fingerprint density at radius 3 is 1.51 bits per heavy atom. The van der Waals surface area contributed by atoms with Crippen molar-refractivity contribution in [1.82, 2.24) is 0 Å². The molecule has 0 fully saturated rings. The molecule has 0 amide bonds. The molecule has 0 aliphatic carbocycles. The molecule has 8 rings (SSSR count). The molecule has 0 aliphatic rings. The largest absolute Gasteiger partial charge is 0.310 e. The summed E-state index contributed by atoms with van der Waals surface area (Å²) < 4.78 is 0. The van der Waals surface area contributed by atoms with Gasteiger partial charge in [0.2, 0.25) is 0 Å². The SMILES string of the molecule is c1ccc(-c2ccccc2-c2cccc(N(c3ccccc3)c3ccccc3)c2-c2cc3ccccc3c3ccccc23)cc1. The predicted molar refractivity (Wildman–Crippen MR) is 192 cm³/mol. The van der Waals surface area contributed by atoms with Crippen LogP contribution >= 0.6 is 0 Å². The summed E-state index contributed by atoms with van der Waals surface area (Å²) in [7, 11) is 0. The summed E-state index contributed by atoms with van der Waals surface area (Å²) in [6, 6.07) is 67.7. The Labute approximate surface area is 264 Å². The van der Waals surface area contributed by atoms with Crippen molar-refractivity contribution in [2.45, 2.75) is 0 Å². The number of benzene rings is 8. The molecule has 8 aromatic rings. The molecule has 0 saturated heterocycles. The predicted octanol–water partition coefficient (Wildman–Crippen LogP) is 12.5. The average molecular weight is 574 g/mol. The summed E-state index contributed by atoms with van der Waals surface area (Å²) in [5.41, 5.74) is 10.6. The Morgan fingerprint density at radius 1 is 0.311 bits per heavy atom. The van der Waals surface area contributed by atoms with Gasteiger partial charge in [-0.2, -0.15) is 0 Å². The lowest BCUT2D eigenvalue weighted by atomic mass is 9.85. The van der Waals surface area contributed by atoms with E-state index in [9.17, 15) is 0 Å². The van der Waals surface area contributed by atoms with Crippen LogP contribution < -0.4 is 4.90 Å². The molecule has 0 spiro atoms. The minimum absolute atomic E-state index is 1.11. The molecule has 0 saturated carbocycles. The number of hydrogen-bond donors (Lipinski definition) is 0. The van der Waals surface area contributed by atoms with Gasteiger partial charge >= 0.3 is 0 Å². The molecule has 1 nitrogen and oxygen atoms in total. The number of hydrogen-bond acceptors (Lipinski definition) is 1. The molecule has 0 heterocycles. The van der Waals surface area contributed by atoms with Crippen molar-refractivity contribution in [3.05, 3.63) is 188 Å². The van der Waals surface area contributed by atoms with Crippen molar-refractivity contribution < 1.29 is 0 Å². The van der Waals surface area contributed by atoms with E-state index in [1.165, 1.54) is 54.9 Å². The van der Waals surface area contributed by atoms with Gasteiger partial charge in [-0.25, -0.2) is 0 Å². The Kier molecular flexibility index (Phi) is 6.90. The Hall–Kier alpha value is -5.92. The van der Waals surface area contributed by atoms with Gasteiger partial charge in [0.15, 0.2) is 0 Å². The third kappa shape index (κ3) is 4.85. The number of rotatable bonds is 6. The second-order valence-corrected chi connectivity index (χ2v) is 11.3. The zero-order chi connectivity index (χ0) is 30.0. The van der Waals surface area contributed by atoms with Crippen LogP contribution in [0.4, 0.5) is 17.1 Å². The lowest BCUT2D eigenvalue weighted by molar-refractivity contribution is 1.28. The van der Waals surface area contributed by atoms with E-state index < -0.39 is 0 Å². The van der Waals surface area contributed by atoms with Crippen molar-refractivity contribution in [1.29, 1.82) is 0 Å². The van der Waals surface area contributed by atoms with Crippen LogP contribution in [0.5, 0.6) is 0 Å². The van der Waals surface area contributed by atoms with E-state index in [-0.39, 0.29) is 0 Å². The molecule has 0 radical (unpaired) electrons. The summed E-state index contributed by atoms with van der Waals surface area (Å²) in [5, 5.41) is 5.00. The monoisotopic (exact) mass is 573 g/mol. The summed E-state index contributed by atoms with van der Waals surface area (Å²) in [4.78, 5) is 2.40. The number of nitrogens with zero attached hydrogens (tertiary/aromatic N) is 1. The molecular weight excluding hydrogens is 542 g/mol. The fraction of sp³-hybridized carbons (Fsp3) is 0. The number of anilines is 3. The first kappa shape index (κ1) is 26.7. The molecule has 1 heteroatoms. The molecule has 45 heavy (non-hydrogen) atoms. The summed E-state index contributed by atoms with van der Waals surface area (Å²) in [5.74, 6) is 0. The van der Waals surface area contributed by atoms with E-state index in [1.807, 2.05) is 0 Å². The van der Waals surface area contributed by atoms with Gasteiger partial charge in [0, 0.05) is 16.9 Å². The van der Waals surface area contributed by atoms with E-state index in [1.54, 1.807) is 0 Å². The summed E-state index contributed by atoms with van der Waals surface area (Å²) in [6.07, 6.45) is 0. The van der Waals surface area contributed by atoms with Crippen LogP contribution in [-0.4, -0.2) is 0 Å². The minimum atomic E-state index is 1.11. The normalized spacial score (nSPS) is 11.1. The molecular formula is C44H31N. The van der Waals surface area contributed by atoms with E-state index in [4.69, 9.17) is 0 Å². The van der Waals surface area contributed by atoms with Crippen LogP contribution in [0, 0.1) is 0 Å². The van der Waals surface area contributed by atoms with Crippen LogP contribution in [0.3, 0.4) is 0 Å². The Balaban J connectivity index is 1.52. The molecule has 0 unspecified atom stereocenters. The third-order valence-corrected chi connectivity index (χ3v) is 8.65. The first-order valence-electron chi connectivity index (χ1n) is 15.5. The van der Waals surface area contributed by atoms with Gasteiger partial charge in [0.25, 0.3) is 0 Å². The quantitative estimate of drug-likeness (QED) is 0.179. The van der Waals surface area contributed by atoms with Gasteiger partial charge in [-0.1, -0.05) is 152 Å². The highest BCUT2D eigenvalue weighted by Gasteiger charge is 2.23. The fourth-order valence-corrected chi connectivity index (χ4v) is 6.66. The lowest BCUT2D eigenvalue weighted by Gasteiger charge is -2.30. The second-order valence-electron chi connectivity index (χ2n) is 11.3. The Bertz CT molecular complexity index is 2210. The van der Waals surface area contributed by atoms with Gasteiger partial charge in [-0.15, -0.1) is 0 Å². The highest BCUT2D eigenvalue weighted by atomic mass is 15.1. The zero-order valence-corrected chi connectivity index (χ0v) is 24.8. The minimum Gasteiger partial charge on any atom is -0.310 e. The maximum Gasteiger partial charge on any atom is 0.0546 e. The second kappa shape index (κ2) is 11.6. The van der Waals surface area contributed by atoms with Crippen LogP contribution in [-0.2, 0) is 0 Å². The van der Waals surface area contributed by atoms with Crippen molar-refractivity contribution in [2.75, 3.05) is 4.90 Å². The van der Waals surface area contributed by atoms with Crippen molar-refractivity contribution in [3.8, 4) is 33.4 Å². The van der Waals surface area contributed by atoms with E-state index in [2.05, 4.69) is 193 Å². The van der Waals surface area contributed by atoms with E-state index >= 15 is 0 Å². The zero-order valence-electron chi connectivity index (χ0n) is 24.8. The third-order valence-electron chi connectivity index (χ3n) is 8.65. The molecule has 0 aromatic heterocycles. The van der Waals surface area contributed by atoms with Crippen LogP contribution in [0.2, 0.25) is 0 Å². The maximum absolute atomic E-state index is 2.40. The topological polar surface area (TPSA) is 3.24 Å². The smallest absolute Gasteiger partial charge is 0.0546 e. The maximum atomic E-state index is 2.40. The molecule has 212 valence electrons. The number of para-hydroxylation sites is 2. The van der Waals surface area contributed by atoms with Crippen molar-refractivity contribution in [3.63, 3.8) is 0 Å². The first-order chi connectivity index (χ1) is 22.4. The van der Waals surface area contributed by atoms with Gasteiger partial charge < -0.3 is 4.90 Å². The van der Waals surface area contributed by atoms with E-state index in [0.717, 1.165) is 17.1 Å². The highest BCUT2D eigenvalue weighted by Crippen LogP contribution is 2.49. The van der Waals surface area contributed by atoms with Crippen molar-refractivity contribution in [2.24, 2.45) is 0 Å². The van der Waals surface area contributed by atoms with E-state index in [0.29, 0.717) is 0 Å². The lowest BCUT2D eigenvalue weighted by Crippen LogP contribution is -2.11. The van der Waals surface area contributed by atoms with Gasteiger partial charge in [-0.05, 0) is 85.8 Å². The molecule has 0 aliphatic heterocycles. The molecule has 0 atom stereocenters. The average Bonchev–Trinajstić information content (AvgIpc) is 3.13. The Morgan fingerprint density at radius 2 is 0.822 bits per heavy atom. The van der Waals surface area contributed by atoms with Crippen molar-refractivity contribution >= 4 is 38.6 Å². The standard InChI is InChI=1S/C44H31N/c1-4-17-32(18-5-1)36-24-12-13-27-39(36)41-29-16-30-43(45(34-20-6-2-7-21-34)35-22-8-3-9-23-35)44(41)42-31-33-19-10-11-25-37(33)38-26-14-15-28-40(38)42/h1-31H. The number of fused-ring (bicyclic) bond motifs is 3. The van der Waals surface area contributed by atoms with Crippen LogP contribution in [0.25, 0.3) is 54.9 Å². The van der Waals surface area contributed by atoms with Gasteiger partial charge in [0.05, 0.1) is 5.69 Å². The van der Waals surface area contributed by atoms with Crippen LogP contribution in [0.1, 0.15) is 0 Å². The summed E-state index contributed by atoms with van der Waals surface area (Å²) in [6.45, 7) is 0. The molecule has 0 bridgehead atoms. The molecule has 8 aromatic carbocycles.